The third kappa shape index (κ3) is 4.41. The summed E-state index contributed by atoms with van der Waals surface area (Å²) in [7, 11) is 0. The summed E-state index contributed by atoms with van der Waals surface area (Å²) in [5.41, 5.74) is 7.41. The molecule has 0 spiro atoms. The van der Waals surface area contributed by atoms with Gasteiger partial charge in [0.25, 0.3) is 0 Å². The van der Waals surface area contributed by atoms with Gasteiger partial charge in [-0.3, -0.25) is 5.43 Å². The van der Waals surface area contributed by atoms with Crippen LogP contribution in [0.2, 0.25) is 0 Å². The SMILES string of the molecule is CC[NH+]1CCN(c2ccc(/C(C)=N\Nc3ccc(C)cc3)cc2F)CC1. The molecule has 2 aromatic rings. The molecule has 0 atom stereocenters. The second-order valence-electron chi connectivity index (χ2n) is 6.93. The molecule has 1 aliphatic heterocycles. The number of quaternary nitrogens is 1. The summed E-state index contributed by atoms with van der Waals surface area (Å²) in [6, 6.07) is 13.4. The molecule has 2 aromatic carbocycles. The largest absolute Gasteiger partial charge is 0.358 e. The molecule has 1 heterocycles. The van der Waals surface area contributed by atoms with Crippen LogP contribution in [0.25, 0.3) is 0 Å². The average Bonchev–Trinajstić information content (AvgIpc) is 2.67. The molecule has 5 heteroatoms. The molecule has 1 aliphatic rings. The number of benzene rings is 2. The number of hydrogen-bond donors (Lipinski definition) is 2. The van der Waals surface area contributed by atoms with Crippen LogP contribution in [0.1, 0.15) is 25.0 Å². The van der Waals surface area contributed by atoms with Crippen LogP contribution < -0.4 is 15.2 Å². The molecule has 0 radical (unpaired) electrons. The maximum absolute atomic E-state index is 14.7. The summed E-state index contributed by atoms with van der Waals surface area (Å²) in [5, 5.41) is 4.38. The predicted molar refractivity (Wildman–Crippen MR) is 107 cm³/mol. The standard InChI is InChI=1S/C21H27FN4/c1-4-25-11-13-26(14-12-25)21-10-7-18(15-20(21)22)17(3)23-24-19-8-5-16(2)6-9-19/h5-10,15,24H,4,11-14H2,1-3H3/p+1/b23-17-. The first-order chi connectivity index (χ1) is 12.6. The summed E-state index contributed by atoms with van der Waals surface area (Å²) < 4.78 is 14.7. The van der Waals surface area contributed by atoms with Crippen molar-refractivity contribution in [1.82, 2.24) is 0 Å². The molecule has 4 nitrogen and oxygen atoms in total. The topological polar surface area (TPSA) is 32.1 Å². The summed E-state index contributed by atoms with van der Waals surface area (Å²) in [6.07, 6.45) is 0. The first kappa shape index (κ1) is 18.4. The predicted octanol–water partition coefficient (Wildman–Crippen LogP) is 2.70. The maximum atomic E-state index is 14.7. The molecule has 138 valence electrons. The van der Waals surface area contributed by atoms with Crippen LogP contribution in [0.5, 0.6) is 0 Å². The Morgan fingerprint density at radius 2 is 1.85 bits per heavy atom. The number of aryl methyl sites for hydroxylation is 1. The third-order valence-corrected chi connectivity index (χ3v) is 5.08. The van der Waals surface area contributed by atoms with Gasteiger partial charge in [-0.15, -0.1) is 0 Å². The second kappa shape index (κ2) is 8.32. The van der Waals surface area contributed by atoms with Crippen molar-refractivity contribution in [3.63, 3.8) is 0 Å². The molecule has 0 aliphatic carbocycles. The quantitative estimate of drug-likeness (QED) is 0.638. The number of nitrogens with zero attached hydrogens (tertiary/aromatic N) is 2. The number of hydrogen-bond acceptors (Lipinski definition) is 3. The van der Waals surface area contributed by atoms with Crippen molar-refractivity contribution >= 4 is 17.1 Å². The van der Waals surface area contributed by atoms with Gasteiger partial charge in [-0.1, -0.05) is 23.8 Å². The van der Waals surface area contributed by atoms with Gasteiger partial charge in [-0.2, -0.15) is 5.10 Å². The Balaban J connectivity index is 1.68. The van der Waals surface area contributed by atoms with Crippen LogP contribution >= 0.6 is 0 Å². The van der Waals surface area contributed by atoms with Crippen LogP contribution in [0, 0.1) is 12.7 Å². The van der Waals surface area contributed by atoms with E-state index in [4.69, 9.17) is 0 Å². The highest BCUT2D eigenvalue weighted by Crippen LogP contribution is 2.21. The lowest BCUT2D eigenvalue weighted by atomic mass is 10.1. The molecular formula is C21H28FN4+. The fraction of sp³-hybridized carbons (Fsp3) is 0.381. The van der Waals surface area contributed by atoms with E-state index in [1.54, 1.807) is 11.0 Å². The van der Waals surface area contributed by atoms with Crippen LogP contribution in [0.4, 0.5) is 15.8 Å². The van der Waals surface area contributed by atoms with Crippen molar-refractivity contribution < 1.29 is 9.29 Å². The molecule has 0 unspecified atom stereocenters. The van der Waals surface area contributed by atoms with E-state index in [1.807, 2.05) is 50.2 Å². The highest BCUT2D eigenvalue weighted by atomic mass is 19.1. The van der Waals surface area contributed by atoms with Crippen molar-refractivity contribution in [3.05, 3.63) is 59.4 Å². The second-order valence-corrected chi connectivity index (χ2v) is 6.93. The van der Waals surface area contributed by atoms with E-state index in [2.05, 4.69) is 22.4 Å². The third-order valence-electron chi connectivity index (χ3n) is 5.08. The Hall–Kier alpha value is -2.40. The zero-order valence-electron chi connectivity index (χ0n) is 15.8. The van der Waals surface area contributed by atoms with E-state index in [1.165, 1.54) is 5.56 Å². The van der Waals surface area contributed by atoms with Crippen molar-refractivity contribution in [2.24, 2.45) is 5.10 Å². The van der Waals surface area contributed by atoms with Gasteiger partial charge in [0.1, 0.15) is 5.82 Å². The average molecular weight is 355 g/mol. The molecule has 0 amide bonds. The van der Waals surface area contributed by atoms with Gasteiger partial charge in [-0.05, 0) is 45.0 Å². The van der Waals surface area contributed by atoms with E-state index in [0.29, 0.717) is 5.69 Å². The first-order valence-corrected chi connectivity index (χ1v) is 9.32. The molecule has 1 saturated heterocycles. The normalized spacial score (nSPS) is 16.0. The minimum Gasteiger partial charge on any atom is -0.358 e. The number of piperazine rings is 1. The molecule has 2 N–H and O–H groups in total. The Labute approximate surface area is 155 Å². The maximum Gasteiger partial charge on any atom is 0.147 e. The summed E-state index contributed by atoms with van der Waals surface area (Å²) in [4.78, 5) is 3.73. The van der Waals surface area contributed by atoms with E-state index >= 15 is 0 Å². The lowest BCUT2D eigenvalue weighted by molar-refractivity contribution is -0.898. The molecule has 0 aromatic heterocycles. The minimum absolute atomic E-state index is 0.174. The molecule has 3 rings (SSSR count). The van der Waals surface area contributed by atoms with Crippen molar-refractivity contribution in [3.8, 4) is 0 Å². The fourth-order valence-corrected chi connectivity index (χ4v) is 3.25. The fourth-order valence-electron chi connectivity index (χ4n) is 3.25. The lowest BCUT2D eigenvalue weighted by Crippen LogP contribution is -3.14. The van der Waals surface area contributed by atoms with E-state index in [-0.39, 0.29) is 5.82 Å². The zero-order chi connectivity index (χ0) is 18.5. The molecule has 0 saturated carbocycles. The molecular weight excluding hydrogens is 327 g/mol. The summed E-state index contributed by atoms with van der Waals surface area (Å²) >= 11 is 0. The number of anilines is 2. The van der Waals surface area contributed by atoms with Crippen LogP contribution in [-0.2, 0) is 0 Å². The number of likely N-dealkylation sites (N-methyl/N-ethyl adjacent to an activating group) is 1. The highest BCUT2D eigenvalue weighted by Gasteiger charge is 2.21. The van der Waals surface area contributed by atoms with Gasteiger partial charge in [-0.25, -0.2) is 4.39 Å². The van der Waals surface area contributed by atoms with Crippen molar-refractivity contribution in [2.75, 3.05) is 43.0 Å². The minimum atomic E-state index is -0.174. The zero-order valence-corrected chi connectivity index (χ0v) is 15.8. The molecule has 0 bridgehead atoms. The lowest BCUT2D eigenvalue weighted by Gasteiger charge is -2.33. The van der Waals surface area contributed by atoms with Gasteiger partial charge < -0.3 is 9.80 Å². The van der Waals surface area contributed by atoms with Gasteiger partial charge in [0.05, 0.1) is 49.8 Å². The smallest absolute Gasteiger partial charge is 0.147 e. The van der Waals surface area contributed by atoms with E-state index < -0.39 is 0 Å². The number of nitrogens with one attached hydrogen (secondary N) is 2. The Kier molecular flexibility index (Phi) is 5.89. The first-order valence-electron chi connectivity index (χ1n) is 9.32. The number of rotatable bonds is 5. The van der Waals surface area contributed by atoms with Gasteiger partial charge in [0.2, 0.25) is 0 Å². The highest BCUT2D eigenvalue weighted by molar-refractivity contribution is 5.99. The van der Waals surface area contributed by atoms with Gasteiger partial charge in [0, 0.05) is 5.56 Å². The number of halogens is 1. The monoisotopic (exact) mass is 355 g/mol. The van der Waals surface area contributed by atoms with Crippen LogP contribution in [0.15, 0.2) is 47.6 Å². The van der Waals surface area contributed by atoms with Crippen LogP contribution in [0.3, 0.4) is 0 Å². The Morgan fingerprint density at radius 1 is 1.15 bits per heavy atom. The van der Waals surface area contributed by atoms with E-state index in [9.17, 15) is 4.39 Å². The van der Waals surface area contributed by atoms with Crippen molar-refractivity contribution in [1.29, 1.82) is 0 Å². The van der Waals surface area contributed by atoms with E-state index in [0.717, 1.165) is 49.7 Å². The Bertz CT molecular complexity index is 762. The summed E-state index contributed by atoms with van der Waals surface area (Å²) in [6.45, 7) is 11.2. The molecule has 1 fully saturated rings. The Morgan fingerprint density at radius 3 is 2.46 bits per heavy atom. The van der Waals surface area contributed by atoms with Crippen molar-refractivity contribution in [2.45, 2.75) is 20.8 Å². The van der Waals surface area contributed by atoms with Gasteiger partial charge >= 0.3 is 0 Å². The van der Waals surface area contributed by atoms with Gasteiger partial charge in [0.15, 0.2) is 0 Å². The molecule has 26 heavy (non-hydrogen) atoms. The summed E-state index contributed by atoms with van der Waals surface area (Å²) in [5.74, 6) is -0.174. The number of hydrazone groups is 1. The van der Waals surface area contributed by atoms with Crippen LogP contribution in [-0.4, -0.2) is 38.4 Å².